The van der Waals surface area contributed by atoms with Crippen LogP contribution >= 0.6 is 11.6 Å². The zero-order valence-corrected chi connectivity index (χ0v) is 9.93. The summed E-state index contributed by atoms with van der Waals surface area (Å²) in [5.74, 6) is -0.113. The minimum Gasteiger partial charge on any atom is -0.370 e. The average Bonchev–Trinajstić information content (AvgIpc) is 2.18. The topological polar surface area (TPSA) is 80.5 Å². The van der Waals surface area contributed by atoms with Gasteiger partial charge in [0.25, 0.3) is 0 Å². The molecule has 1 rings (SSSR count). The number of hydrogen-bond donors (Lipinski definition) is 1. The van der Waals surface area contributed by atoms with Crippen molar-refractivity contribution in [1.29, 1.82) is 0 Å². The average molecular weight is 255 g/mol. The van der Waals surface area contributed by atoms with E-state index in [0.717, 1.165) is 0 Å². The van der Waals surface area contributed by atoms with Gasteiger partial charge < -0.3 is 5.73 Å². The van der Waals surface area contributed by atoms with Gasteiger partial charge in [0.2, 0.25) is 15.9 Å². The fourth-order valence-corrected chi connectivity index (χ4v) is 3.06. The number of nitrogens with two attached hydrogens (primary N) is 1. The molecule has 0 radical (unpaired) electrons. The lowest BCUT2D eigenvalue weighted by molar-refractivity contribution is -0.119. The predicted octanol–water partition coefficient (Wildman–Crippen LogP) is 0.0999. The van der Waals surface area contributed by atoms with Gasteiger partial charge in [0.05, 0.1) is 0 Å². The number of nitrogens with zero attached hydrogens (tertiary/aromatic N) is 1. The van der Waals surface area contributed by atoms with Crippen LogP contribution in [0.3, 0.4) is 0 Å². The summed E-state index contributed by atoms with van der Waals surface area (Å²) in [6, 6.07) is 0. The van der Waals surface area contributed by atoms with Crippen LogP contribution in [0.1, 0.15) is 19.3 Å². The monoisotopic (exact) mass is 254 g/mol. The number of rotatable bonds is 4. The number of hydrogen-bond acceptors (Lipinski definition) is 3. The normalized spacial score (nSPS) is 20.3. The van der Waals surface area contributed by atoms with Crippen LogP contribution in [0.5, 0.6) is 0 Å². The molecule has 0 aromatic rings. The van der Waals surface area contributed by atoms with Crippen molar-refractivity contribution in [3.63, 3.8) is 0 Å². The fraction of sp³-hybridized carbons (Fsp3) is 0.875. The zero-order valence-electron chi connectivity index (χ0n) is 8.36. The van der Waals surface area contributed by atoms with Gasteiger partial charge in [-0.15, -0.1) is 11.6 Å². The van der Waals surface area contributed by atoms with Gasteiger partial charge in [0, 0.05) is 19.5 Å². The highest BCUT2D eigenvalue weighted by molar-refractivity contribution is 7.90. The summed E-state index contributed by atoms with van der Waals surface area (Å²) in [6.07, 6.45) is 1.70. The van der Waals surface area contributed by atoms with Crippen LogP contribution < -0.4 is 5.73 Å². The molecule has 1 saturated heterocycles. The van der Waals surface area contributed by atoms with Crippen LogP contribution in [0.4, 0.5) is 0 Å². The van der Waals surface area contributed by atoms with E-state index < -0.39 is 10.0 Å². The Morgan fingerprint density at radius 2 is 1.93 bits per heavy atom. The summed E-state index contributed by atoms with van der Waals surface area (Å²) >= 11 is 5.34. The van der Waals surface area contributed by atoms with Crippen molar-refractivity contribution in [1.82, 2.24) is 4.31 Å². The van der Waals surface area contributed by atoms with Gasteiger partial charge in [-0.05, 0) is 18.8 Å². The summed E-state index contributed by atoms with van der Waals surface area (Å²) in [5, 5.41) is -0.381. The van der Waals surface area contributed by atoms with Crippen LogP contribution in [-0.4, -0.2) is 36.9 Å². The Bertz CT molecular complexity index is 323. The smallest absolute Gasteiger partial charge is 0.228 e. The summed E-state index contributed by atoms with van der Waals surface area (Å²) in [7, 11) is -3.29. The van der Waals surface area contributed by atoms with Crippen molar-refractivity contribution >= 4 is 27.5 Å². The van der Waals surface area contributed by atoms with Crippen LogP contribution in [-0.2, 0) is 14.8 Å². The molecule has 5 nitrogen and oxygen atoms in total. The predicted molar refractivity (Wildman–Crippen MR) is 57.7 cm³/mol. The first-order chi connectivity index (χ1) is 6.95. The number of piperidine rings is 1. The molecule has 1 aliphatic rings. The van der Waals surface area contributed by atoms with Crippen molar-refractivity contribution in [2.75, 3.05) is 18.3 Å². The van der Waals surface area contributed by atoms with Gasteiger partial charge in [0.15, 0.2) is 0 Å². The van der Waals surface area contributed by atoms with Crippen molar-refractivity contribution < 1.29 is 13.2 Å². The van der Waals surface area contributed by atoms with Crippen LogP contribution in [0.2, 0.25) is 0 Å². The molecule has 1 fully saturated rings. The van der Waals surface area contributed by atoms with Crippen molar-refractivity contribution in [3.8, 4) is 0 Å². The number of amides is 1. The number of alkyl halides is 1. The molecule has 1 heterocycles. The van der Waals surface area contributed by atoms with Crippen LogP contribution in [0.25, 0.3) is 0 Å². The van der Waals surface area contributed by atoms with Crippen LogP contribution in [0.15, 0.2) is 0 Å². The first kappa shape index (κ1) is 12.7. The van der Waals surface area contributed by atoms with Gasteiger partial charge in [-0.3, -0.25) is 4.79 Å². The lowest BCUT2D eigenvalue weighted by atomic mass is 9.94. The minimum atomic E-state index is -3.29. The van der Waals surface area contributed by atoms with E-state index >= 15 is 0 Å². The number of carbonyl (C=O) groups excluding carboxylic acids is 1. The zero-order chi connectivity index (χ0) is 11.5. The molecule has 0 bridgehead atoms. The first-order valence-electron chi connectivity index (χ1n) is 4.78. The fourth-order valence-electron chi connectivity index (χ4n) is 1.75. The molecule has 0 unspecified atom stereocenters. The summed E-state index contributed by atoms with van der Waals surface area (Å²) < 4.78 is 24.1. The van der Waals surface area contributed by atoms with E-state index in [1.54, 1.807) is 0 Å². The lowest BCUT2D eigenvalue weighted by Crippen LogP contribution is -2.39. The van der Waals surface area contributed by atoms with Gasteiger partial charge in [0.1, 0.15) is 5.21 Å². The highest BCUT2D eigenvalue weighted by Gasteiger charge is 2.27. The second-order valence-corrected chi connectivity index (χ2v) is 6.29. The Labute approximate surface area is 94.6 Å². The van der Waals surface area contributed by atoms with Gasteiger partial charge in [-0.25, -0.2) is 12.7 Å². The largest absolute Gasteiger partial charge is 0.370 e. The maximum Gasteiger partial charge on any atom is 0.228 e. The second kappa shape index (κ2) is 5.14. The summed E-state index contributed by atoms with van der Waals surface area (Å²) in [5.41, 5.74) is 5.08. The highest BCUT2D eigenvalue weighted by atomic mass is 35.5. The second-order valence-electron chi connectivity index (χ2n) is 3.73. The van der Waals surface area contributed by atoms with Crippen LogP contribution in [0, 0.1) is 5.92 Å². The van der Waals surface area contributed by atoms with E-state index in [1.165, 1.54) is 4.31 Å². The van der Waals surface area contributed by atoms with E-state index in [-0.39, 0.29) is 17.0 Å². The maximum absolute atomic E-state index is 11.4. The molecule has 15 heavy (non-hydrogen) atoms. The van der Waals surface area contributed by atoms with E-state index in [4.69, 9.17) is 17.3 Å². The molecule has 0 aromatic carbocycles. The molecule has 88 valence electrons. The highest BCUT2D eigenvalue weighted by Crippen LogP contribution is 2.22. The lowest BCUT2D eigenvalue weighted by Gasteiger charge is -2.29. The van der Waals surface area contributed by atoms with E-state index in [0.29, 0.717) is 32.4 Å². The molecule has 1 aliphatic heterocycles. The SMILES string of the molecule is NC(=O)CC1CCN(S(=O)(=O)CCl)CC1. The Hall–Kier alpha value is -0.330. The van der Waals surface area contributed by atoms with E-state index in [1.807, 2.05) is 0 Å². The van der Waals surface area contributed by atoms with Crippen molar-refractivity contribution in [2.24, 2.45) is 11.7 Å². The van der Waals surface area contributed by atoms with Gasteiger partial charge >= 0.3 is 0 Å². The molecule has 0 aliphatic carbocycles. The summed E-state index contributed by atoms with van der Waals surface area (Å²) in [6.45, 7) is 0.875. The molecule has 0 spiro atoms. The molecule has 2 N–H and O–H groups in total. The number of halogens is 1. The molecule has 0 aromatic heterocycles. The molecular formula is C8H15ClN2O3S. The third-order valence-corrected chi connectivity index (χ3v) is 4.85. The van der Waals surface area contributed by atoms with Gasteiger partial charge in [-0.2, -0.15) is 0 Å². The third kappa shape index (κ3) is 3.62. The summed E-state index contributed by atoms with van der Waals surface area (Å²) in [4.78, 5) is 10.7. The standard InChI is InChI=1S/C8H15ClN2O3S/c9-6-15(13,14)11-3-1-7(2-4-11)5-8(10)12/h7H,1-6H2,(H2,10,12). The van der Waals surface area contributed by atoms with Crippen molar-refractivity contribution in [3.05, 3.63) is 0 Å². The Balaban J connectivity index is 2.46. The third-order valence-electron chi connectivity index (χ3n) is 2.59. The maximum atomic E-state index is 11.4. The van der Waals surface area contributed by atoms with E-state index in [2.05, 4.69) is 0 Å². The molecule has 0 atom stereocenters. The molecular weight excluding hydrogens is 240 g/mol. The van der Waals surface area contributed by atoms with Crippen molar-refractivity contribution in [2.45, 2.75) is 19.3 Å². The Morgan fingerprint density at radius 1 is 1.40 bits per heavy atom. The molecule has 7 heteroatoms. The van der Waals surface area contributed by atoms with Gasteiger partial charge in [-0.1, -0.05) is 0 Å². The Morgan fingerprint density at radius 3 is 2.33 bits per heavy atom. The number of primary amides is 1. The van der Waals surface area contributed by atoms with E-state index in [9.17, 15) is 13.2 Å². The Kier molecular flexibility index (Phi) is 4.36. The first-order valence-corrected chi connectivity index (χ1v) is 6.92. The molecule has 1 amide bonds. The number of carbonyl (C=O) groups is 1. The minimum absolute atomic E-state index is 0.212. The quantitative estimate of drug-likeness (QED) is 0.723. The number of sulfonamides is 1. The molecule has 0 saturated carbocycles.